The van der Waals surface area contributed by atoms with E-state index in [4.69, 9.17) is 10.5 Å². The van der Waals surface area contributed by atoms with Crippen LogP contribution in [0, 0.1) is 5.41 Å². The Hall–Kier alpha value is -1.26. The van der Waals surface area contributed by atoms with Crippen molar-refractivity contribution in [2.24, 2.45) is 11.1 Å². The molecule has 1 aromatic rings. The number of methoxy groups -OCH3 is 1. The molecule has 0 amide bonds. The fourth-order valence-electron chi connectivity index (χ4n) is 2.52. The number of nitrogens with zero attached hydrogens (tertiary/aromatic N) is 1. The van der Waals surface area contributed by atoms with Gasteiger partial charge in [-0.15, -0.1) is 0 Å². The van der Waals surface area contributed by atoms with Crippen molar-refractivity contribution in [3.8, 4) is 11.5 Å². The first-order valence-corrected chi connectivity index (χ1v) is 6.35. The van der Waals surface area contributed by atoms with E-state index in [1.54, 1.807) is 13.2 Å². The lowest BCUT2D eigenvalue weighted by atomic mass is 9.90. The molecule has 1 heterocycles. The molecule has 0 spiro atoms. The first kappa shape index (κ1) is 13.2. The lowest BCUT2D eigenvalue weighted by molar-refractivity contribution is 0.274. The minimum absolute atomic E-state index is 0.204. The van der Waals surface area contributed by atoms with Crippen LogP contribution in [0.25, 0.3) is 0 Å². The summed E-state index contributed by atoms with van der Waals surface area (Å²) in [7, 11) is 1.56. The van der Waals surface area contributed by atoms with Gasteiger partial charge < -0.3 is 15.6 Å². The normalized spacial score (nSPS) is 24.4. The molecule has 100 valence electrons. The summed E-state index contributed by atoms with van der Waals surface area (Å²) in [5.41, 5.74) is 7.15. The van der Waals surface area contributed by atoms with Crippen LogP contribution in [-0.4, -0.2) is 36.8 Å². The van der Waals surface area contributed by atoms with Gasteiger partial charge in [0.05, 0.1) is 7.11 Å². The highest BCUT2D eigenvalue weighted by Gasteiger charge is 2.32. The van der Waals surface area contributed by atoms with Crippen molar-refractivity contribution in [1.82, 2.24) is 4.90 Å². The molecule has 4 nitrogen and oxygen atoms in total. The molecule has 3 N–H and O–H groups in total. The van der Waals surface area contributed by atoms with Crippen molar-refractivity contribution in [1.29, 1.82) is 0 Å². The summed E-state index contributed by atoms with van der Waals surface area (Å²) < 4.78 is 5.04. The number of hydrogen-bond acceptors (Lipinski definition) is 4. The average molecular weight is 250 g/mol. The summed E-state index contributed by atoms with van der Waals surface area (Å²) in [6.45, 7) is 5.92. The fourth-order valence-corrected chi connectivity index (χ4v) is 2.52. The van der Waals surface area contributed by atoms with Gasteiger partial charge in [0.25, 0.3) is 0 Å². The number of nitrogens with two attached hydrogens (primary N) is 1. The number of aromatic hydroxyl groups is 1. The van der Waals surface area contributed by atoms with E-state index in [-0.39, 0.29) is 11.2 Å². The van der Waals surface area contributed by atoms with Crippen LogP contribution in [0.2, 0.25) is 0 Å². The van der Waals surface area contributed by atoms with Crippen molar-refractivity contribution in [2.45, 2.75) is 19.9 Å². The van der Waals surface area contributed by atoms with Gasteiger partial charge in [-0.1, -0.05) is 13.0 Å². The second-order valence-corrected chi connectivity index (χ2v) is 5.48. The SMILES string of the molecule is COc1ccc(CN2CCC(C)(CN)C2)cc1O. The number of benzene rings is 1. The first-order valence-electron chi connectivity index (χ1n) is 6.35. The van der Waals surface area contributed by atoms with Gasteiger partial charge in [-0.05, 0) is 42.6 Å². The third-order valence-corrected chi connectivity index (χ3v) is 3.78. The number of ether oxygens (including phenoxy) is 1. The van der Waals surface area contributed by atoms with Crippen LogP contribution >= 0.6 is 0 Å². The standard InChI is InChI=1S/C14H22N2O2/c1-14(9-15)5-6-16(10-14)8-11-3-4-13(18-2)12(17)7-11/h3-4,7,17H,5-6,8-10,15H2,1-2H3. The average Bonchev–Trinajstić information content (AvgIpc) is 2.72. The maximum absolute atomic E-state index is 9.75. The Bertz CT molecular complexity index is 422. The zero-order valence-electron chi connectivity index (χ0n) is 11.1. The van der Waals surface area contributed by atoms with Crippen molar-refractivity contribution in [3.63, 3.8) is 0 Å². The fraction of sp³-hybridized carbons (Fsp3) is 0.571. The van der Waals surface area contributed by atoms with E-state index in [2.05, 4.69) is 11.8 Å². The van der Waals surface area contributed by atoms with Crippen molar-refractivity contribution in [2.75, 3.05) is 26.7 Å². The molecule has 0 aliphatic carbocycles. The number of phenols is 1. The van der Waals surface area contributed by atoms with Gasteiger partial charge in [0.2, 0.25) is 0 Å². The third kappa shape index (κ3) is 2.76. The van der Waals surface area contributed by atoms with Gasteiger partial charge in [0.1, 0.15) is 0 Å². The maximum atomic E-state index is 9.75. The van der Waals surface area contributed by atoms with Crippen LogP contribution in [0.5, 0.6) is 11.5 Å². The quantitative estimate of drug-likeness (QED) is 0.851. The molecule has 1 fully saturated rings. The Balaban J connectivity index is 2.01. The molecule has 2 rings (SSSR count). The summed E-state index contributed by atoms with van der Waals surface area (Å²) >= 11 is 0. The van der Waals surface area contributed by atoms with Gasteiger partial charge >= 0.3 is 0 Å². The van der Waals surface area contributed by atoms with Gasteiger partial charge in [0.15, 0.2) is 11.5 Å². The molecular weight excluding hydrogens is 228 g/mol. The lowest BCUT2D eigenvalue weighted by Crippen LogP contribution is -2.31. The molecule has 1 aromatic carbocycles. The number of likely N-dealkylation sites (tertiary alicyclic amines) is 1. The van der Waals surface area contributed by atoms with Gasteiger partial charge in [-0.25, -0.2) is 0 Å². The molecule has 4 heteroatoms. The van der Waals surface area contributed by atoms with Crippen LogP contribution in [0.1, 0.15) is 18.9 Å². The molecule has 0 radical (unpaired) electrons. The summed E-state index contributed by atoms with van der Waals surface area (Å²) in [6.07, 6.45) is 1.14. The summed E-state index contributed by atoms with van der Waals surface area (Å²) in [5.74, 6) is 0.725. The second kappa shape index (κ2) is 5.16. The highest BCUT2D eigenvalue weighted by molar-refractivity contribution is 5.41. The summed E-state index contributed by atoms with van der Waals surface area (Å²) in [5, 5.41) is 9.75. The Morgan fingerprint density at radius 3 is 2.83 bits per heavy atom. The van der Waals surface area contributed by atoms with Crippen molar-refractivity contribution in [3.05, 3.63) is 23.8 Å². The molecule has 1 unspecified atom stereocenters. The highest BCUT2D eigenvalue weighted by Crippen LogP contribution is 2.31. The minimum Gasteiger partial charge on any atom is -0.504 e. The van der Waals surface area contributed by atoms with E-state index in [0.29, 0.717) is 5.75 Å². The molecule has 1 aliphatic heterocycles. The monoisotopic (exact) mass is 250 g/mol. The Kier molecular flexibility index (Phi) is 3.78. The molecule has 0 aromatic heterocycles. The van der Waals surface area contributed by atoms with E-state index < -0.39 is 0 Å². The summed E-state index contributed by atoms with van der Waals surface area (Å²) in [4.78, 5) is 2.38. The van der Waals surface area contributed by atoms with E-state index in [1.165, 1.54) is 0 Å². The number of hydrogen-bond donors (Lipinski definition) is 2. The highest BCUT2D eigenvalue weighted by atomic mass is 16.5. The minimum atomic E-state index is 0.204. The van der Waals surface area contributed by atoms with Crippen LogP contribution in [-0.2, 0) is 6.54 Å². The zero-order valence-corrected chi connectivity index (χ0v) is 11.1. The first-order chi connectivity index (χ1) is 8.56. The summed E-state index contributed by atoms with van der Waals surface area (Å²) in [6, 6.07) is 5.58. The van der Waals surface area contributed by atoms with Crippen LogP contribution < -0.4 is 10.5 Å². The molecule has 0 saturated carbocycles. The van der Waals surface area contributed by atoms with Crippen LogP contribution in [0.4, 0.5) is 0 Å². The molecule has 1 aliphatic rings. The smallest absolute Gasteiger partial charge is 0.160 e. The lowest BCUT2D eigenvalue weighted by Gasteiger charge is -2.22. The maximum Gasteiger partial charge on any atom is 0.160 e. The van der Waals surface area contributed by atoms with Crippen LogP contribution in [0.15, 0.2) is 18.2 Å². The molecule has 1 saturated heterocycles. The Labute approximate surface area is 108 Å². The largest absolute Gasteiger partial charge is 0.504 e. The number of phenolic OH excluding ortho intramolecular Hbond substituents is 1. The molecule has 18 heavy (non-hydrogen) atoms. The molecular formula is C14H22N2O2. The van der Waals surface area contributed by atoms with Crippen molar-refractivity contribution < 1.29 is 9.84 Å². The van der Waals surface area contributed by atoms with Crippen molar-refractivity contribution >= 4 is 0 Å². The second-order valence-electron chi connectivity index (χ2n) is 5.48. The van der Waals surface area contributed by atoms with E-state index in [0.717, 1.165) is 38.2 Å². The predicted molar refractivity (Wildman–Crippen MR) is 71.7 cm³/mol. The topological polar surface area (TPSA) is 58.7 Å². The third-order valence-electron chi connectivity index (χ3n) is 3.78. The zero-order chi connectivity index (χ0) is 13.2. The predicted octanol–water partition coefficient (Wildman–Crippen LogP) is 1.57. The van der Waals surface area contributed by atoms with E-state index >= 15 is 0 Å². The van der Waals surface area contributed by atoms with Gasteiger partial charge in [-0.3, -0.25) is 4.90 Å². The molecule has 1 atom stereocenters. The Morgan fingerprint density at radius 2 is 2.28 bits per heavy atom. The van der Waals surface area contributed by atoms with E-state index in [1.807, 2.05) is 12.1 Å². The van der Waals surface area contributed by atoms with Gasteiger partial charge in [0, 0.05) is 13.1 Å². The molecule has 0 bridgehead atoms. The van der Waals surface area contributed by atoms with Gasteiger partial charge in [-0.2, -0.15) is 0 Å². The van der Waals surface area contributed by atoms with E-state index in [9.17, 15) is 5.11 Å². The van der Waals surface area contributed by atoms with Crippen LogP contribution in [0.3, 0.4) is 0 Å². The number of rotatable bonds is 4. The Morgan fingerprint density at radius 1 is 1.50 bits per heavy atom.